The van der Waals surface area contributed by atoms with Crippen LogP contribution in [0.3, 0.4) is 0 Å². The summed E-state index contributed by atoms with van der Waals surface area (Å²) in [6.07, 6.45) is 1.00. The van der Waals surface area contributed by atoms with Crippen LogP contribution < -0.4 is 14.4 Å². The Kier molecular flexibility index (Phi) is 14.3. The van der Waals surface area contributed by atoms with E-state index in [0.717, 1.165) is 31.5 Å². The zero-order valence-electron chi connectivity index (χ0n) is 33.1. The maximum absolute atomic E-state index is 14.8. The van der Waals surface area contributed by atoms with Crippen molar-refractivity contribution in [2.45, 2.75) is 72.1 Å². The Morgan fingerprint density at radius 2 is 1.85 bits per heavy atom. The first kappa shape index (κ1) is 41.7. The summed E-state index contributed by atoms with van der Waals surface area (Å²) < 4.78 is 35.2. The number of thiazole rings is 2. The molecule has 2 aromatic carbocycles. The molecule has 3 heterocycles. The van der Waals surface area contributed by atoms with Crippen LogP contribution in [0, 0.1) is 24.6 Å². The zero-order valence-corrected chi connectivity index (χ0v) is 35.7. The lowest BCUT2D eigenvalue weighted by molar-refractivity contribution is 0.0519. The molecule has 0 fully saturated rings. The van der Waals surface area contributed by atoms with Gasteiger partial charge in [0.05, 0.1) is 29.5 Å². The highest BCUT2D eigenvalue weighted by Gasteiger charge is 2.23. The van der Waals surface area contributed by atoms with Crippen molar-refractivity contribution in [1.82, 2.24) is 24.6 Å². The van der Waals surface area contributed by atoms with Gasteiger partial charge in [0.2, 0.25) is 0 Å². The molecule has 5 rings (SSSR count). The first-order chi connectivity index (χ1) is 26.2. The van der Waals surface area contributed by atoms with Crippen LogP contribution in [0.1, 0.15) is 46.8 Å². The van der Waals surface area contributed by atoms with Gasteiger partial charge < -0.3 is 19.1 Å². The number of benzene rings is 2. The molecule has 0 saturated heterocycles. The van der Waals surface area contributed by atoms with E-state index in [9.17, 15) is 9.18 Å². The van der Waals surface area contributed by atoms with Crippen molar-refractivity contribution in [3.63, 3.8) is 0 Å². The summed E-state index contributed by atoms with van der Waals surface area (Å²) in [5.41, 5.74) is 2.71. The lowest BCUT2D eigenvalue weighted by Gasteiger charge is -2.16. The fourth-order valence-electron chi connectivity index (χ4n) is 5.13. The Morgan fingerprint density at radius 1 is 1.07 bits per heavy atom. The Hall–Kier alpha value is -4.46. The van der Waals surface area contributed by atoms with Crippen LogP contribution in [0.2, 0.25) is 25.7 Å². The van der Waals surface area contributed by atoms with Gasteiger partial charge in [-0.15, -0.1) is 21.5 Å². The molecule has 0 aliphatic carbocycles. The van der Waals surface area contributed by atoms with Gasteiger partial charge in [0.25, 0.3) is 0 Å². The number of aromatic nitrogens is 4. The van der Waals surface area contributed by atoms with E-state index in [1.54, 1.807) is 35.3 Å². The van der Waals surface area contributed by atoms with Gasteiger partial charge in [-0.2, -0.15) is 4.99 Å². The molecular formula is C40H50FN7O4S2Si. The average molecular weight is 804 g/mol. The molecule has 0 aliphatic rings. The van der Waals surface area contributed by atoms with Crippen LogP contribution in [0.4, 0.5) is 21.2 Å². The second kappa shape index (κ2) is 18.9. The quantitative estimate of drug-likeness (QED) is 0.0423. The standard InChI is InChI=1S/C40H50FN7O4S2Si/c1-10-51-38(49)36-34(16-13-21-52-32-20-19-29(25-30(32)41)18-17-28(3)46(4)5)54-39(42-36)47(6)35-24-27(2)37(45-44-35)43-40-48(26-50-22-23-55(7,8)9)31-14-11-12-15-33(31)53-40/h11-12,14-15,19-20,24-25,28H,10,13,16,21-23,26H2,1-9H3. The smallest absolute Gasteiger partial charge is 0.358 e. The second-order valence-corrected chi connectivity index (χ2v) is 22.2. The minimum atomic E-state index is -1.22. The molecule has 292 valence electrons. The minimum absolute atomic E-state index is 0.0467. The van der Waals surface area contributed by atoms with Crippen LogP contribution in [0.5, 0.6) is 5.75 Å². The number of carbonyl (C=O) groups excluding carboxylic acids is 1. The van der Waals surface area contributed by atoms with E-state index in [1.165, 1.54) is 17.4 Å². The molecule has 3 aromatic heterocycles. The molecule has 0 spiro atoms. The number of halogens is 1. The first-order valence-corrected chi connectivity index (χ1v) is 23.6. The molecule has 0 aliphatic heterocycles. The van der Waals surface area contributed by atoms with E-state index in [0.29, 0.717) is 48.5 Å². The molecule has 1 unspecified atom stereocenters. The Balaban J connectivity index is 1.29. The summed E-state index contributed by atoms with van der Waals surface area (Å²) in [6, 6.07) is 15.9. The van der Waals surface area contributed by atoms with Crippen LogP contribution in [0.25, 0.3) is 10.2 Å². The van der Waals surface area contributed by atoms with Crippen molar-refractivity contribution in [2.75, 3.05) is 45.9 Å². The Labute approximate surface area is 331 Å². The molecule has 55 heavy (non-hydrogen) atoms. The lowest BCUT2D eigenvalue weighted by Crippen LogP contribution is -2.23. The monoisotopic (exact) mass is 803 g/mol. The number of rotatable bonds is 16. The number of aryl methyl sites for hydroxylation is 2. The second-order valence-electron chi connectivity index (χ2n) is 14.5. The number of carbonyl (C=O) groups is 1. The molecule has 11 nitrogen and oxygen atoms in total. The van der Waals surface area contributed by atoms with Gasteiger partial charge >= 0.3 is 5.97 Å². The van der Waals surface area contributed by atoms with Crippen molar-refractivity contribution >= 4 is 63.7 Å². The predicted octanol–water partition coefficient (Wildman–Crippen LogP) is 8.20. The van der Waals surface area contributed by atoms with E-state index < -0.39 is 19.9 Å². The molecule has 15 heteroatoms. The van der Waals surface area contributed by atoms with E-state index in [-0.39, 0.29) is 30.7 Å². The van der Waals surface area contributed by atoms with E-state index in [4.69, 9.17) is 19.2 Å². The van der Waals surface area contributed by atoms with Gasteiger partial charge in [-0.1, -0.05) is 55.0 Å². The summed E-state index contributed by atoms with van der Waals surface area (Å²) in [4.78, 5) is 27.8. The molecule has 0 radical (unpaired) electrons. The van der Waals surface area contributed by atoms with Gasteiger partial charge in [0, 0.05) is 32.2 Å². The fraction of sp³-hybridized carbons (Fsp3) is 0.425. The Morgan fingerprint density at radius 3 is 2.56 bits per heavy atom. The van der Waals surface area contributed by atoms with Gasteiger partial charge in [0.15, 0.2) is 38.8 Å². The third kappa shape index (κ3) is 11.3. The highest BCUT2D eigenvalue weighted by Crippen LogP contribution is 2.32. The topological polar surface area (TPSA) is 107 Å². The molecule has 0 N–H and O–H groups in total. The van der Waals surface area contributed by atoms with E-state index in [2.05, 4.69) is 63.4 Å². The summed E-state index contributed by atoms with van der Waals surface area (Å²) in [5, 5.41) is 9.57. The third-order valence-corrected chi connectivity index (χ3v) is 12.6. The third-order valence-electron chi connectivity index (χ3n) is 8.68. The average Bonchev–Trinajstić information content (AvgIpc) is 3.73. The summed E-state index contributed by atoms with van der Waals surface area (Å²) in [7, 11) is 4.50. The van der Waals surface area contributed by atoms with Crippen LogP contribution in [0.15, 0.2) is 53.5 Å². The SMILES string of the molecule is CCOC(=O)c1nc(N(C)c2cc(C)c(N=c3sc4ccccc4n3COCC[Si](C)(C)C)nn2)sc1CCCOc1ccc(C#CC(C)N(C)C)cc1F. The van der Waals surface area contributed by atoms with Crippen molar-refractivity contribution in [2.24, 2.45) is 4.99 Å². The molecule has 0 amide bonds. The maximum atomic E-state index is 14.8. The van der Waals surface area contributed by atoms with Crippen LogP contribution in [-0.2, 0) is 22.6 Å². The predicted molar refractivity (Wildman–Crippen MR) is 222 cm³/mol. The van der Waals surface area contributed by atoms with Gasteiger partial charge in [-0.05, 0) is 95.7 Å². The van der Waals surface area contributed by atoms with Crippen molar-refractivity contribution in [3.05, 3.63) is 80.8 Å². The van der Waals surface area contributed by atoms with Gasteiger partial charge in [0.1, 0.15) is 6.73 Å². The molecule has 0 saturated carbocycles. The molecule has 1 atom stereocenters. The number of anilines is 2. The summed E-state index contributed by atoms with van der Waals surface area (Å²) in [6.45, 7) is 14.3. The van der Waals surface area contributed by atoms with Crippen LogP contribution >= 0.6 is 22.7 Å². The van der Waals surface area contributed by atoms with E-state index >= 15 is 0 Å². The fourth-order valence-corrected chi connectivity index (χ4v) is 7.97. The van der Waals surface area contributed by atoms with Crippen LogP contribution in [-0.4, -0.2) is 85.7 Å². The molecule has 0 bridgehead atoms. The number of fused-ring (bicyclic) bond motifs is 1. The van der Waals surface area contributed by atoms with Gasteiger partial charge in [-0.3, -0.25) is 9.47 Å². The van der Waals surface area contributed by atoms with E-state index in [1.807, 2.05) is 58.1 Å². The highest BCUT2D eigenvalue weighted by molar-refractivity contribution is 7.16. The van der Waals surface area contributed by atoms with Crippen molar-refractivity contribution in [3.8, 4) is 17.6 Å². The summed E-state index contributed by atoms with van der Waals surface area (Å²) in [5.74, 6) is 6.34. The lowest BCUT2D eigenvalue weighted by atomic mass is 10.2. The number of esters is 1. The highest BCUT2D eigenvalue weighted by atomic mass is 32.1. The first-order valence-electron chi connectivity index (χ1n) is 18.3. The largest absolute Gasteiger partial charge is 0.491 e. The van der Waals surface area contributed by atoms with Crippen molar-refractivity contribution in [1.29, 1.82) is 0 Å². The number of nitrogens with zero attached hydrogens (tertiary/aromatic N) is 7. The number of hydrogen-bond donors (Lipinski definition) is 0. The molecular weight excluding hydrogens is 754 g/mol. The van der Waals surface area contributed by atoms with Crippen molar-refractivity contribution < 1.29 is 23.4 Å². The summed E-state index contributed by atoms with van der Waals surface area (Å²) >= 11 is 2.95. The van der Waals surface area contributed by atoms with Gasteiger partial charge in [-0.25, -0.2) is 14.2 Å². The number of hydrogen-bond acceptors (Lipinski definition) is 12. The maximum Gasteiger partial charge on any atom is 0.358 e. The molecule has 5 aromatic rings. The number of para-hydroxylation sites is 1. The normalized spacial score (nSPS) is 12.5. The Bertz CT molecular complexity index is 2240. The minimum Gasteiger partial charge on any atom is -0.491 e. The zero-order chi connectivity index (χ0) is 39.7. The number of ether oxygens (including phenoxy) is 3.